The van der Waals surface area contributed by atoms with Crippen LogP contribution in [0, 0.1) is 0 Å². The quantitative estimate of drug-likeness (QED) is 0.820. The summed E-state index contributed by atoms with van der Waals surface area (Å²) in [6.45, 7) is 6.28. The Morgan fingerprint density at radius 3 is 2.67 bits per heavy atom. The van der Waals surface area contributed by atoms with E-state index in [1.165, 1.54) is 5.69 Å². The fourth-order valence-electron chi connectivity index (χ4n) is 3.05. The minimum Gasteiger partial charge on any atom is -0.371 e. The van der Waals surface area contributed by atoms with Gasteiger partial charge < -0.3 is 15.0 Å². The lowest BCUT2D eigenvalue weighted by Crippen LogP contribution is -2.59. The van der Waals surface area contributed by atoms with Gasteiger partial charge in [0.15, 0.2) is 0 Å². The molecule has 1 unspecified atom stereocenters. The van der Waals surface area contributed by atoms with Crippen LogP contribution in [0.1, 0.15) is 19.8 Å². The maximum atomic E-state index is 6.19. The van der Waals surface area contributed by atoms with Gasteiger partial charge in [0.2, 0.25) is 0 Å². The van der Waals surface area contributed by atoms with Gasteiger partial charge in [-0.25, -0.2) is 0 Å². The minimum atomic E-state index is 0.0770. The van der Waals surface area contributed by atoms with E-state index in [9.17, 15) is 0 Å². The summed E-state index contributed by atoms with van der Waals surface area (Å²) in [6.07, 6.45) is 2.26. The van der Waals surface area contributed by atoms with Gasteiger partial charge in [0.1, 0.15) is 0 Å². The molecule has 2 aliphatic heterocycles. The first-order valence-electron chi connectivity index (χ1n) is 6.95. The summed E-state index contributed by atoms with van der Waals surface area (Å²) in [5.41, 5.74) is 1.40. The Labute approximate surface area is 109 Å². The van der Waals surface area contributed by atoms with Crippen LogP contribution in [-0.2, 0) is 4.74 Å². The maximum absolute atomic E-state index is 6.19. The molecule has 2 saturated heterocycles. The lowest BCUT2D eigenvalue weighted by atomic mass is 9.89. The molecular formula is C15H22N2O. The molecule has 0 saturated carbocycles. The van der Waals surface area contributed by atoms with E-state index in [0.29, 0.717) is 6.04 Å². The average molecular weight is 246 g/mol. The van der Waals surface area contributed by atoms with E-state index in [1.807, 2.05) is 0 Å². The fraction of sp³-hybridized carbons (Fsp3) is 0.600. The standard InChI is InChI=1S/C15H22N2O/c1-13-11-18-15(7-9-16-10-8-15)12-17(13)14-5-3-2-4-6-14/h2-6,13,16H,7-12H2,1H3. The first kappa shape index (κ1) is 12.0. The van der Waals surface area contributed by atoms with Crippen LogP contribution >= 0.6 is 0 Å². The molecule has 1 atom stereocenters. The van der Waals surface area contributed by atoms with Crippen molar-refractivity contribution < 1.29 is 4.74 Å². The van der Waals surface area contributed by atoms with Crippen molar-refractivity contribution in [2.24, 2.45) is 0 Å². The van der Waals surface area contributed by atoms with Crippen LogP contribution in [0.2, 0.25) is 0 Å². The molecule has 3 rings (SSSR count). The Bertz CT molecular complexity index is 387. The number of nitrogens with zero attached hydrogens (tertiary/aromatic N) is 1. The van der Waals surface area contributed by atoms with E-state index in [0.717, 1.165) is 39.1 Å². The van der Waals surface area contributed by atoms with E-state index in [2.05, 4.69) is 47.5 Å². The Balaban J connectivity index is 1.80. The SMILES string of the molecule is CC1COC2(CCNCC2)CN1c1ccccc1. The molecule has 0 bridgehead atoms. The molecule has 98 valence electrons. The van der Waals surface area contributed by atoms with E-state index >= 15 is 0 Å². The van der Waals surface area contributed by atoms with Crippen molar-refractivity contribution in [2.45, 2.75) is 31.4 Å². The number of anilines is 1. The van der Waals surface area contributed by atoms with E-state index in [4.69, 9.17) is 4.74 Å². The Kier molecular flexibility index (Phi) is 3.27. The van der Waals surface area contributed by atoms with Crippen molar-refractivity contribution in [3.05, 3.63) is 30.3 Å². The van der Waals surface area contributed by atoms with Crippen LogP contribution < -0.4 is 10.2 Å². The number of morpholine rings is 1. The van der Waals surface area contributed by atoms with Crippen molar-refractivity contribution in [1.82, 2.24) is 5.32 Å². The molecule has 0 radical (unpaired) electrons. The van der Waals surface area contributed by atoms with Gasteiger partial charge >= 0.3 is 0 Å². The lowest BCUT2D eigenvalue weighted by Gasteiger charge is -2.49. The van der Waals surface area contributed by atoms with Gasteiger partial charge in [0.05, 0.1) is 12.2 Å². The van der Waals surface area contributed by atoms with Gasteiger partial charge in [-0.15, -0.1) is 0 Å². The summed E-state index contributed by atoms with van der Waals surface area (Å²) in [6, 6.07) is 11.2. The Morgan fingerprint density at radius 1 is 1.22 bits per heavy atom. The van der Waals surface area contributed by atoms with E-state index in [1.54, 1.807) is 0 Å². The molecule has 0 aromatic heterocycles. The molecule has 1 N–H and O–H groups in total. The molecule has 1 aromatic rings. The summed E-state index contributed by atoms with van der Waals surface area (Å²) >= 11 is 0. The van der Waals surface area contributed by atoms with Crippen LogP contribution in [0.25, 0.3) is 0 Å². The zero-order chi connectivity index (χ0) is 12.4. The summed E-state index contributed by atoms with van der Waals surface area (Å²) < 4.78 is 6.19. The predicted octanol–water partition coefficient (Wildman–Crippen LogP) is 2.03. The number of para-hydroxylation sites is 1. The number of benzene rings is 1. The van der Waals surface area contributed by atoms with Crippen molar-refractivity contribution in [3.8, 4) is 0 Å². The van der Waals surface area contributed by atoms with E-state index in [-0.39, 0.29) is 5.60 Å². The Morgan fingerprint density at radius 2 is 1.94 bits per heavy atom. The number of hydrogen-bond donors (Lipinski definition) is 1. The van der Waals surface area contributed by atoms with Crippen molar-refractivity contribution >= 4 is 5.69 Å². The van der Waals surface area contributed by atoms with Crippen LogP contribution in [0.4, 0.5) is 5.69 Å². The first-order chi connectivity index (χ1) is 8.79. The van der Waals surface area contributed by atoms with Crippen LogP contribution in [-0.4, -0.2) is 37.9 Å². The second kappa shape index (κ2) is 4.90. The summed E-state index contributed by atoms with van der Waals surface area (Å²) in [4.78, 5) is 2.51. The Hall–Kier alpha value is -1.06. The van der Waals surface area contributed by atoms with Crippen molar-refractivity contribution in [1.29, 1.82) is 0 Å². The molecule has 1 aromatic carbocycles. The number of ether oxygens (including phenoxy) is 1. The third kappa shape index (κ3) is 2.25. The first-order valence-corrected chi connectivity index (χ1v) is 6.95. The topological polar surface area (TPSA) is 24.5 Å². The zero-order valence-corrected chi connectivity index (χ0v) is 11.1. The average Bonchev–Trinajstić information content (AvgIpc) is 2.44. The highest BCUT2D eigenvalue weighted by atomic mass is 16.5. The van der Waals surface area contributed by atoms with Gasteiger partial charge in [-0.05, 0) is 45.0 Å². The van der Waals surface area contributed by atoms with Gasteiger partial charge in [-0.2, -0.15) is 0 Å². The number of rotatable bonds is 1. The van der Waals surface area contributed by atoms with Gasteiger partial charge in [-0.3, -0.25) is 0 Å². The largest absolute Gasteiger partial charge is 0.371 e. The number of piperidine rings is 1. The van der Waals surface area contributed by atoms with Gasteiger partial charge in [-0.1, -0.05) is 18.2 Å². The molecule has 2 fully saturated rings. The van der Waals surface area contributed by atoms with Crippen molar-refractivity contribution in [3.63, 3.8) is 0 Å². The molecular weight excluding hydrogens is 224 g/mol. The maximum Gasteiger partial charge on any atom is 0.0881 e. The molecule has 2 heterocycles. The molecule has 0 amide bonds. The lowest BCUT2D eigenvalue weighted by molar-refractivity contribution is -0.0854. The highest BCUT2D eigenvalue weighted by Crippen LogP contribution is 2.32. The molecule has 2 aliphatic rings. The molecule has 1 spiro atoms. The molecule has 0 aliphatic carbocycles. The second-order valence-electron chi connectivity index (χ2n) is 5.56. The van der Waals surface area contributed by atoms with Crippen LogP contribution in [0.15, 0.2) is 30.3 Å². The monoisotopic (exact) mass is 246 g/mol. The predicted molar refractivity (Wildman–Crippen MR) is 74.0 cm³/mol. The van der Waals surface area contributed by atoms with Crippen molar-refractivity contribution in [2.75, 3.05) is 31.1 Å². The highest BCUT2D eigenvalue weighted by Gasteiger charge is 2.40. The summed E-state index contributed by atoms with van der Waals surface area (Å²) in [7, 11) is 0. The third-order valence-electron chi connectivity index (χ3n) is 4.22. The fourth-order valence-corrected chi connectivity index (χ4v) is 3.05. The second-order valence-corrected chi connectivity index (χ2v) is 5.56. The molecule has 3 nitrogen and oxygen atoms in total. The van der Waals surface area contributed by atoms with Crippen LogP contribution in [0.5, 0.6) is 0 Å². The minimum absolute atomic E-state index is 0.0770. The number of hydrogen-bond acceptors (Lipinski definition) is 3. The summed E-state index contributed by atoms with van der Waals surface area (Å²) in [5.74, 6) is 0. The zero-order valence-electron chi connectivity index (χ0n) is 11.1. The molecule has 18 heavy (non-hydrogen) atoms. The third-order valence-corrected chi connectivity index (χ3v) is 4.22. The normalized spacial score (nSPS) is 27.4. The van der Waals surface area contributed by atoms with Crippen LogP contribution in [0.3, 0.4) is 0 Å². The molecule has 3 heteroatoms. The smallest absolute Gasteiger partial charge is 0.0881 e. The summed E-state index contributed by atoms with van der Waals surface area (Å²) in [5, 5.41) is 3.42. The van der Waals surface area contributed by atoms with Gasteiger partial charge in [0.25, 0.3) is 0 Å². The van der Waals surface area contributed by atoms with Gasteiger partial charge in [0, 0.05) is 18.3 Å². The number of nitrogens with one attached hydrogen (secondary N) is 1. The van der Waals surface area contributed by atoms with E-state index < -0.39 is 0 Å². The highest BCUT2D eigenvalue weighted by molar-refractivity contribution is 5.48.